The van der Waals surface area contributed by atoms with E-state index in [4.69, 9.17) is 0 Å². The zero-order valence-corrected chi connectivity index (χ0v) is 13.5. The summed E-state index contributed by atoms with van der Waals surface area (Å²) < 4.78 is 107. The first-order valence-corrected chi connectivity index (χ1v) is 6.74. The normalized spacial score (nSPS) is 15.1. The molecular weight excluding hydrogens is 385 g/mol. The van der Waals surface area contributed by atoms with Gasteiger partial charge in [0, 0.05) is 19.6 Å². The van der Waals surface area contributed by atoms with Crippen LogP contribution in [-0.4, -0.2) is 56.3 Å². The molecule has 0 aromatic carbocycles. The summed E-state index contributed by atoms with van der Waals surface area (Å²) in [7, 11) is 0.249. The Morgan fingerprint density at radius 2 is 1.62 bits per heavy atom. The van der Waals surface area contributed by atoms with E-state index in [2.05, 4.69) is 25.5 Å². The highest BCUT2D eigenvalue weighted by molar-refractivity contribution is 5.87. The fraction of sp³-hybridized carbons (Fsp3) is 0.692. The summed E-state index contributed by atoms with van der Waals surface area (Å²) >= 11 is 0. The van der Waals surface area contributed by atoms with Gasteiger partial charge in [-0.15, -0.1) is 0 Å². The highest BCUT2D eigenvalue weighted by atomic mass is 19.4. The van der Waals surface area contributed by atoms with Gasteiger partial charge in [-0.05, 0) is 6.92 Å². The number of halogens is 7. The fourth-order valence-electron chi connectivity index (χ4n) is 1.41. The van der Waals surface area contributed by atoms with Gasteiger partial charge in [-0.25, -0.2) is 9.59 Å². The van der Waals surface area contributed by atoms with Gasteiger partial charge in [-0.1, -0.05) is 6.58 Å². The van der Waals surface area contributed by atoms with Crippen molar-refractivity contribution in [1.82, 2.24) is 0 Å². The van der Waals surface area contributed by atoms with Crippen molar-refractivity contribution in [3.63, 3.8) is 0 Å². The highest BCUT2D eigenvalue weighted by Crippen LogP contribution is 2.40. The van der Waals surface area contributed by atoms with E-state index in [-0.39, 0.29) is 13.2 Å². The van der Waals surface area contributed by atoms with Crippen LogP contribution in [0.2, 0.25) is 0 Å². The molecule has 0 aliphatic rings. The molecule has 0 spiro atoms. The van der Waals surface area contributed by atoms with Gasteiger partial charge in [0.2, 0.25) is 0 Å². The topological polar surface area (TPSA) is 71.1 Å². The molecule has 0 radical (unpaired) electrons. The average Bonchev–Trinajstić information content (AvgIpc) is 2.52. The Bertz CT molecular complexity index is 520. The predicted octanol–water partition coefficient (Wildman–Crippen LogP) is 2.82. The first-order valence-electron chi connectivity index (χ1n) is 6.74. The van der Waals surface area contributed by atoms with Crippen LogP contribution in [0.3, 0.4) is 0 Å². The van der Waals surface area contributed by atoms with Crippen LogP contribution in [0.15, 0.2) is 12.7 Å². The van der Waals surface area contributed by atoms with E-state index >= 15 is 0 Å². The number of esters is 2. The molecule has 0 amide bonds. The minimum absolute atomic E-state index is 0.233. The number of carbonyl (C=O) groups excluding carboxylic acids is 2. The van der Waals surface area contributed by atoms with E-state index in [1.807, 2.05) is 0 Å². The van der Waals surface area contributed by atoms with Crippen LogP contribution in [0.5, 0.6) is 0 Å². The second-order valence-electron chi connectivity index (χ2n) is 4.48. The quantitative estimate of drug-likeness (QED) is 0.243. The summed E-state index contributed by atoms with van der Waals surface area (Å²) in [5.74, 6) is -13.5. The molecule has 26 heavy (non-hydrogen) atoms. The minimum atomic E-state index is -5.78. The van der Waals surface area contributed by atoms with Gasteiger partial charge >= 0.3 is 35.9 Å². The fourth-order valence-corrected chi connectivity index (χ4v) is 1.41. The van der Waals surface area contributed by atoms with E-state index < -0.39 is 55.6 Å². The molecule has 0 heterocycles. The van der Waals surface area contributed by atoms with Crippen LogP contribution in [0.1, 0.15) is 13.3 Å². The molecule has 0 aromatic heterocycles. The molecule has 6 nitrogen and oxygen atoms in total. The Kier molecular flexibility index (Phi) is 8.03. The van der Waals surface area contributed by atoms with Crippen LogP contribution >= 0.6 is 0 Å². The van der Waals surface area contributed by atoms with Gasteiger partial charge in [0.15, 0.2) is 0 Å². The largest absolute Gasteiger partial charge is 0.468 e. The highest BCUT2D eigenvalue weighted by Gasteiger charge is 2.68. The number of hydrogen-bond donors (Lipinski definition) is 0. The third-order valence-electron chi connectivity index (χ3n) is 2.73. The van der Waals surface area contributed by atoms with Crippen LogP contribution in [0, 0.1) is 0 Å². The number of methoxy groups -OCH3 is 1. The molecule has 0 rings (SSSR count). The summed E-state index contributed by atoms with van der Waals surface area (Å²) in [6, 6.07) is 0. The van der Waals surface area contributed by atoms with Crippen molar-refractivity contribution in [3.05, 3.63) is 12.7 Å². The second-order valence-corrected chi connectivity index (χ2v) is 4.48. The lowest BCUT2D eigenvalue weighted by Crippen LogP contribution is -2.58. The van der Waals surface area contributed by atoms with Crippen LogP contribution in [-0.2, 0) is 28.5 Å². The Labute approximate surface area is 142 Å². The van der Waals surface area contributed by atoms with Gasteiger partial charge in [0.05, 0.1) is 13.2 Å². The van der Waals surface area contributed by atoms with Crippen molar-refractivity contribution >= 4 is 11.9 Å². The second kappa shape index (κ2) is 8.66. The monoisotopic (exact) mass is 400 g/mol. The number of carbonyl (C=O) groups is 2. The molecule has 13 heteroatoms. The van der Waals surface area contributed by atoms with Crippen LogP contribution in [0.4, 0.5) is 30.7 Å². The third-order valence-corrected chi connectivity index (χ3v) is 2.73. The van der Waals surface area contributed by atoms with Gasteiger partial charge in [0.25, 0.3) is 0 Å². The summed E-state index contributed by atoms with van der Waals surface area (Å²) in [5.41, 5.74) is 0. The standard InChI is InChI=1S/C13H15F7O6/c1-4-8(21)26-11(12(16,17)18,9(22)24-5-2)25-7-6-10(14,15)13(19,20)23-3/h4H,1,5-7H2,2-3H3. The smallest absolute Gasteiger partial charge is 0.461 e. The van der Waals surface area contributed by atoms with E-state index in [0.717, 1.165) is 6.92 Å². The first kappa shape index (κ1) is 24.1. The molecule has 152 valence electrons. The van der Waals surface area contributed by atoms with E-state index in [1.165, 1.54) is 0 Å². The lowest BCUT2D eigenvalue weighted by molar-refractivity contribution is -0.366. The molecule has 0 aromatic rings. The number of alkyl halides is 7. The molecule has 0 bridgehead atoms. The number of ether oxygens (including phenoxy) is 4. The molecule has 0 aliphatic carbocycles. The van der Waals surface area contributed by atoms with Crippen molar-refractivity contribution in [2.75, 3.05) is 20.3 Å². The maximum atomic E-state index is 13.3. The summed E-state index contributed by atoms with van der Waals surface area (Å²) in [6.07, 6.45) is -12.6. The van der Waals surface area contributed by atoms with Crippen molar-refractivity contribution in [1.29, 1.82) is 0 Å². The Morgan fingerprint density at radius 3 is 2.00 bits per heavy atom. The zero-order valence-electron chi connectivity index (χ0n) is 13.5. The molecule has 0 fully saturated rings. The summed E-state index contributed by atoms with van der Waals surface area (Å²) in [5, 5.41) is 0. The van der Waals surface area contributed by atoms with E-state index in [0.29, 0.717) is 0 Å². The Balaban J connectivity index is 5.63. The van der Waals surface area contributed by atoms with Gasteiger partial charge in [-0.2, -0.15) is 30.7 Å². The van der Waals surface area contributed by atoms with Crippen LogP contribution < -0.4 is 0 Å². The minimum Gasteiger partial charge on any atom is -0.461 e. The zero-order chi connectivity index (χ0) is 20.8. The maximum absolute atomic E-state index is 13.3. The SMILES string of the molecule is C=CC(=O)OC(OCCC(F)(F)C(F)(F)OC)(C(=O)OCC)C(F)(F)F. The molecule has 0 N–H and O–H groups in total. The van der Waals surface area contributed by atoms with Crippen molar-refractivity contribution < 1.29 is 59.3 Å². The van der Waals surface area contributed by atoms with Crippen molar-refractivity contribution in [2.45, 2.75) is 37.3 Å². The average molecular weight is 400 g/mol. The maximum Gasteiger partial charge on any atom is 0.468 e. The third kappa shape index (κ3) is 5.30. The summed E-state index contributed by atoms with van der Waals surface area (Å²) in [6.45, 7) is 1.52. The Morgan fingerprint density at radius 1 is 1.08 bits per heavy atom. The van der Waals surface area contributed by atoms with Crippen LogP contribution in [0.25, 0.3) is 0 Å². The predicted molar refractivity (Wildman–Crippen MR) is 69.2 cm³/mol. The van der Waals surface area contributed by atoms with Gasteiger partial charge in [-0.3, -0.25) is 0 Å². The lowest BCUT2D eigenvalue weighted by atomic mass is 10.2. The molecule has 0 saturated carbocycles. The van der Waals surface area contributed by atoms with E-state index in [9.17, 15) is 40.3 Å². The summed E-state index contributed by atoms with van der Waals surface area (Å²) in [4.78, 5) is 22.8. The molecule has 0 aliphatic heterocycles. The van der Waals surface area contributed by atoms with Crippen molar-refractivity contribution in [3.8, 4) is 0 Å². The van der Waals surface area contributed by atoms with Gasteiger partial charge < -0.3 is 18.9 Å². The number of hydrogen-bond acceptors (Lipinski definition) is 6. The lowest BCUT2D eigenvalue weighted by Gasteiger charge is -2.32. The number of rotatable bonds is 10. The molecule has 1 unspecified atom stereocenters. The van der Waals surface area contributed by atoms with Gasteiger partial charge in [0.1, 0.15) is 0 Å². The molecule has 0 saturated heterocycles. The van der Waals surface area contributed by atoms with E-state index in [1.54, 1.807) is 0 Å². The molecular formula is C13H15F7O6. The molecule has 1 atom stereocenters. The first-order chi connectivity index (χ1) is 11.7. The van der Waals surface area contributed by atoms with Crippen molar-refractivity contribution in [2.24, 2.45) is 0 Å². The Hall–Kier alpha value is -1.89.